The van der Waals surface area contributed by atoms with Crippen LogP contribution in [-0.2, 0) is 4.74 Å². The van der Waals surface area contributed by atoms with E-state index in [1.54, 1.807) is 24.8 Å². The Bertz CT molecular complexity index is 422. The normalized spacial score (nSPS) is 11.6. The lowest BCUT2D eigenvalue weighted by Crippen LogP contribution is -2.20. The SMILES string of the molecule is Cc1ccc(SCCOC(C)(C)C)cc1C(=O)O. The molecule has 1 aromatic rings. The van der Waals surface area contributed by atoms with Crippen LogP contribution in [0.4, 0.5) is 0 Å². The van der Waals surface area contributed by atoms with Crippen LogP contribution >= 0.6 is 11.8 Å². The lowest BCUT2D eigenvalue weighted by atomic mass is 10.1. The minimum atomic E-state index is -0.874. The van der Waals surface area contributed by atoms with Gasteiger partial charge in [0, 0.05) is 10.6 Å². The van der Waals surface area contributed by atoms with Gasteiger partial charge in [0.1, 0.15) is 0 Å². The van der Waals surface area contributed by atoms with Crippen molar-refractivity contribution in [3.63, 3.8) is 0 Å². The summed E-state index contributed by atoms with van der Waals surface area (Å²) >= 11 is 1.61. The topological polar surface area (TPSA) is 46.5 Å². The van der Waals surface area contributed by atoms with Gasteiger partial charge >= 0.3 is 5.97 Å². The number of hydrogen-bond acceptors (Lipinski definition) is 3. The number of carbonyl (C=O) groups is 1. The number of benzene rings is 1. The largest absolute Gasteiger partial charge is 0.478 e. The summed E-state index contributed by atoms with van der Waals surface area (Å²) < 4.78 is 5.62. The second-order valence-corrected chi connectivity index (χ2v) is 6.26. The van der Waals surface area contributed by atoms with Crippen molar-refractivity contribution in [1.29, 1.82) is 0 Å². The van der Waals surface area contributed by atoms with E-state index in [1.165, 1.54) is 0 Å². The number of ether oxygens (including phenoxy) is 1. The summed E-state index contributed by atoms with van der Waals surface area (Å²) in [5.41, 5.74) is 1.04. The molecule has 0 bridgehead atoms. The molecular weight excluding hydrogens is 248 g/mol. The van der Waals surface area contributed by atoms with Gasteiger partial charge < -0.3 is 9.84 Å². The first-order valence-corrected chi connectivity index (χ1v) is 6.89. The summed E-state index contributed by atoms with van der Waals surface area (Å²) in [5.74, 6) is -0.0553. The zero-order valence-electron chi connectivity index (χ0n) is 11.3. The molecule has 4 heteroatoms. The monoisotopic (exact) mass is 268 g/mol. The predicted octanol–water partition coefficient (Wildman–Crippen LogP) is 3.60. The number of thioether (sulfide) groups is 1. The maximum Gasteiger partial charge on any atom is 0.335 e. The third-order valence-corrected chi connectivity index (χ3v) is 3.28. The van der Waals surface area contributed by atoms with Gasteiger partial charge in [-0.1, -0.05) is 6.07 Å². The highest BCUT2D eigenvalue weighted by atomic mass is 32.2. The van der Waals surface area contributed by atoms with Gasteiger partial charge in [0.2, 0.25) is 0 Å². The van der Waals surface area contributed by atoms with Crippen LogP contribution in [-0.4, -0.2) is 29.0 Å². The van der Waals surface area contributed by atoms with E-state index >= 15 is 0 Å². The summed E-state index contributed by atoms with van der Waals surface area (Å²) in [6, 6.07) is 5.51. The molecule has 3 nitrogen and oxygen atoms in total. The quantitative estimate of drug-likeness (QED) is 0.654. The molecule has 0 aliphatic heterocycles. The summed E-state index contributed by atoms with van der Waals surface area (Å²) in [7, 11) is 0. The number of rotatable bonds is 5. The van der Waals surface area contributed by atoms with Gasteiger partial charge in [-0.25, -0.2) is 4.79 Å². The minimum absolute atomic E-state index is 0.125. The van der Waals surface area contributed by atoms with Crippen LogP contribution in [0.1, 0.15) is 36.7 Å². The first-order valence-electron chi connectivity index (χ1n) is 5.90. The maximum absolute atomic E-state index is 11.0. The van der Waals surface area contributed by atoms with Crippen LogP contribution in [0.25, 0.3) is 0 Å². The molecule has 0 heterocycles. The van der Waals surface area contributed by atoms with E-state index in [0.717, 1.165) is 16.2 Å². The van der Waals surface area contributed by atoms with Crippen LogP contribution in [0, 0.1) is 6.92 Å². The Kier molecular flexibility index (Phi) is 5.23. The molecular formula is C14H20O3S. The van der Waals surface area contributed by atoms with E-state index in [2.05, 4.69) is 0 Å². The van der Waals surface area contributed by atoms with Crippen molar-refractivity contribution in [2.45, 2.75) is 38.2 Å². The summed E-state index contributed by atoms with van der Waals surface area (Å²) in [5, 5.41) is 9.03. The molecule has 0 radical (unpaired) electrons. The van der Waals surface area contributed by atoms with Crippen LogP contribution in [0.15, 0.2) is 23.1 Å². The second-order valence-electron chi connectivity index (χ2n) is 5.09. The molecule has 0 atom stereocenters. The first kappa shape index (κ1) is 15.1. The molecule has 1 aromatic carbocycles. The third kappa shape index (κ3) is 5.10. The van der Waals surface area contributed by atoms with Crippen LogP contribution < -0.4 is 0 Å². The van der Waals surface area contributed by atoms with Gasteiger partial charge in [-0.05, 0) is 45.4 Å². The molecule has 1 N–H and O–H groups in total. The van der Waals surface area contributed by atoms with E-state index in [0.29, 0.717) is 12.2 Å². The van der Waals surface area contributed by atoms with Crippen molar-refractivity contribution in [3.05, 3.63) is 29.3 Å². The van der Waals surface area contributed by atoms with Crippen molar-refractivity contribution in [2.24, 2.45) is 0 Å². The highest BCUT2D eigenvalue weighted by Crippen LogP contribution is 2.22. The van der Waals surface area contributed by atoms with E-state index in [4.69, 9.17) is 9.84 Å². The Hall–Kier alpha value is -1.00. The standard InChI is InChI=1S/C14H20O3S/c1-10-5-6-11(9-12(10)13(15)16)18-8-7-17-14(2,3)4/h5-6,9H,7-8H2,1-4H3,(H,15,16). The van der Waals surface area contributed by atoms with Crippen molar-refractivity contribution in [3.8, 4) is 0 Å². The Labute approximate surface area is 113 Å². The predicted molar refractivity (Wildman–Crippen MR) is 74.6 cm³/mol. The van der Waals surface area contributed by atoms with Gasteiger partial charge in [0.25, 0.3) is 0 Å². The second kappa shape index (κ2) is 6.25. The average Bonchev–Trinajstić information content (AvgIpc) is 2.24. The fraction of sp³-hybridized carbons (Fsp3) is 0.500. The molecule has 0 spiro atoms. The van der Waals surface area contributed by atoms with Crippen molar-refractivity contribution in [1.82, 2.24) is 0 Å². The Morgan fingerprint density at radius 3 is 2.61 bits per heavy atom. The fourth-order valence-corrected chi connectivity index (χ4v) is 2.20. The smallest absolute Gasteiger partial charge is 0.335 e. The number of carboxylic acids is 1. The van der Waals surface area contributed by atoms with Crippen molar-refractivity contribution < 1.29 is 14.6 Å². The molecule has 0 aliphatic carbocycles. The van der Waals surface area contributed by atoms with Crippen molar-refractivity contribution in [2.75, 3.05) is 12.4 Å². The summed E-state index contributed by atoms with van der Waals surface area (Å²) in [6.45, 7) is 8.52. The molecule has 0 saturated heterocycles. The van der Waals surface area contributed by atoms with Crippen LogP contribution in [0.3, 0.4) is 0 Å². The molecule has 0 aromatic heterocycles. The Balaban J connectivity index is 2.53. The van der Waals surface area contributed by atoms with Crippen molar-refractivity contribution >= 4 is 17.7 Å². The minimum Gasteiger partial charge on any atom is -0.478 e. The number of carboxylic acid groups (broad SMARTS) is 1. The Morgan fingerprint density at radius 1 is 1.39 bits per heavy atom. The number of aromatic carboxylic acids is 1. The molecule has 1 rings (SSSR count). The lowest BCUT2D eigenvalue weighted by Gasteiger charge is -2.19. The van der Waals surface area contributed by atoms with Gasteiger partial charge in [0.05, 0.1) is 17.8 Å². The van der Waals surface area contributed by atoms with Gasteiger partial charge in [-0.3, -0.25) is 0 Å². The number of aryl methyl sites for hydroxylation is 1. The van der Waals surface area contributed by atoms with E-state index in [1.807, 2.05) is 32.9 Å². The molecule has 0 unspecified atom stereocenters. The number of hydrogen-bond donors (Lipinski definition) is 1. The Morgan fingerprint density at radius 2 is 2.06 bits per heavy atom. The molecule has 0 saturated carbocycles. The van der Waals surface area contributed by atoms with E-state index in [-0.39, 0.29) is 5.60 Å². The molecule has 100 valence electrons. The van der Waals surface area contributed by atoms with E-state index < -0.39 is 5.97 Å². The molecule has 0 aliphatic rings. The fourth-order valence-electron chi connectivity index (χ4n) is 1.43. The zero-order valence-corrected chi connectivity index (χ0v) is 12.1. The molecule has 18 heavy (non-hydrogen) atoms. The highest BCUT2D eigenvalue weighted by Gasteiger charge is 2.10. The first-order chi connectivity index (χ1) is 8.29. The summed E-state index contributed by atoms with van der Waals surface area (Å²) in [4.78, 5) is 12.0. The highest BCUT2D eigenvalue weighted by molar-refractivity contribution is 7.99. The van der Waals surface area contributed by atoms with Gasteiger partial charge in [-0.15, -0.1) is 11.8 Å². The van der Waals surface area contributed by atoms with E-state index in [9.17, 15) is 4.79 Å². The molecule has 0 amide bonds. The molecule has 0 fully saturated rings. The van der Waals surface area contributed by atoms with Crippen LogP contribution in [0.2, 0.25) is 0 Å². The summed E-state index contributed by atoms with van der Waals surface area (Å²) in [6.07, 6.45) is 0. The zero-order chi connectivity index (χ0) is 13.8. The van der Waals surface area contributed by atoms with Gasteiger partial charge in [-0.2, -0.15) is 0 Å². The van der Waals surface area contributed by atoms with Gasteiger partial charge in [0.15, 0.2) is 0 Å². The average molecular weight is 268 g/mol. The maximum atomic E-state index is 11.0. The lowest BCUT2D eigenvalue weighted by molar-refractivity contribution is 0.00694. The third-order valence-electron chi connectivity index (χ3n) is 2.33. The van der Waals surface area contributed by atoms with Crippen LogP contribution in [0.5, 0.6) is 0 Å².